The molecule has 0 bridgehead atoms. The third kappa shape index (κ3) is 4.20. The van der Waals surface area contributed by atoms with Crippen LogP contribution in [0.1, 0.15) is 51.4 Å². The van der Waals surface area contributed by atoms with Crippen LogP contribution < -0.4 is 10.6 Å². The molecule has 1 amide bonds. The fraction of sp³-hybridized carbons (Fsp3) is 0.857. The molecule has 2 rings (SSSR count). The van der Waals surface area contributed by atoms with Crippen molar-refractivity contribution in [3.63, 3.8) is 0 Å². The van der Waals surface area contributed by atoms with E-state index in [1.165, 1.54) is 0 Å². The lowest BCUT2D eigenvalue weighted by atomic mass is 9.94. The summed E-state index contributed by atoms with van der Waals surface area (Å²) in [4.78, 5) is 23.3. The van der Waals surface area contributed by atoms with Crippen molar-refractivity contribution in [3.8, 4) is 0 Å². The highest BCUT2D eigenvalue weighted by Gasteiger charge is 2.31. The lowest BCUT2D eigenvalue weighted by Crippen LogP contribution is -2.44. The van der Waals surface area contributed by atoms with Gasteiger partial charge in [-0.25, -0.2) is 0 Å². The second-order valence-electron chi connectivity index (χ2n) is 5.75. The van der Waals surface area contributed by atoms with Crippen molar-refractivity contribution < 1.29 is 14.7 Å². The Hall–Kier alpha value is -1.10. The Bertz CT molecular complexity index is 327. The highest BCUT2D eigenvalue weighted by Crippen LogP contribution is 2.24. The predicted molar refractivity (Wildman–Crippen MR) is 71.8 cm³/mol. The highest BCUT2D eigenvalue weighted by atomic mass is 16.4. The van der Waals surface area contributed by atoms with Crippen molar-refractivity contribution in [2.45, 2.75) is 63.5 Å². The van der Waals surface area contributed by atoms with Crippen LogP contribution in [0.25, 0.3) is 0 Å². The number of carbonyl (C=O) groups is 2. The van der Waals surface area contributed by atoms with Gasteiger partial charge in [-0.15, -0.1) is 0 Å². The van der Waals surface area contributed by atoms with E-state index in [1.807, 2.05) is 0 Å². The van der Waals surface area contributed by atoms with E-state index < -0.39 is 11.9 Å². The van der Waals surface area contributed by atoms with Crippen molar-refractivity contribution in [1.29, 1.82) is 0 Å². The number of rotatable bonds is 4. The largest absolute Gasteiger partial charge is 0.481 e. The molecule has 0 aromatic rings. The number of carboxylic acids is 1. The number of nitrogens with one attached hydrogen (secondary N) is 2. The Morgan fingerprint density at radius 1 is 1.11 bits per heavy atom. The van der Waals surface area contributed by atoms with Gasteiger partial charge in [0.1, 0.15) is 0 Å². The molecule has 5 heteroatoms. The second kappa shape index (κ2) is 6.89. The van der Waals surface area contributed by atoms with Crippen LogP contribution in [0.5, 0.6) is 0 Å². The van der Waals surface area contributed by atoms with Gasteiger partial charge in [0.15, 0.2) is 0 Å². The molecule has 1 aliphatic heterocycles. The summed E-state index contributed by atoms with van der Waals surface area (Å²) in [5.41, 5.74) is 0. The van der Waals surface area contributed by atoms with Crippen LogP contribution in [0.15, 0.2) is 0 Å². The molecule has 0 radical (unpaired) electrons. The van der Waals surface area contributed by atoms with Gasteiger partial charge in [0, 0.05) is 18.5 Å². The molecule has 3 N–H and O–H groups in total. The zero-order valence-electron chi connectivity index (χ0n) is 11.4. The zero-order valence-corrected chi connectivity index (χ0v) is 11.4. The average molecular weight is 268 g/mol. The number of aliphatic carboxylic acids is 1. The molecule has 1 aliphatic carbocycles. The normalized spacial score (nSPS) is 31.7. The molecule has 1 heterocycles. The molecule has 1 saturated carbocycles. The predicted octanol–water partition coefficient (Wildman–Crippen LogP) is 1.28. The number of carbonyl (C=O) groups excluding carboxylic acids is 1. The summed E-state index contributed by atoms with van der Waals surface area (Å²) in [6.07, 6.45) is 7.15. The summed E-state index contributed by atoms with van der Waals surface area (Å²) in [5.74, 6) is -1.19. The van der Waals surface area contributed by atoms with Gasteiger partial charge in [-0.1, -0.05) is 19.3 Å². The van der Waals surface area contributed by atoms with Crippen molar-refractivity contribution in [2.75, 3.05) is 6.54 Å². The first-order valence-electron chi connectivity index (χ1n) is 7.42. The van der Waals surface area contributed by atoms with E-state index in [2.05, 4.69) is 10.6 Å². The maximum absolute atomic E-state index is 12.0. The van der Waals surface area contributed by atoms with E-state index in [0.29, 0.717) is 12.8 Å². The van der Waals surface area contributed by atoms with Crippen LogP contribution in [0.4, 0.5) is 0 Å². The maximum Gasteiger partial charge on any atom is 0.308 e. The van der Waals surface area contributed by atoms with Gasteiger partial charge >= 0.3 is 5.97 Å². The summed E-state index contributed by atoms with van der Waals surface area (Å²) >= 11 is 0. The zero-order chi connectivity index (χ0) is 13.7. The molecule has 108 valence electrons. The summed E-state index contributed by atoms with van der Waals surface area (Å²) in [5, 5.41) is 15.5. The van der Waals surface area contributed by atoms with Crippen LogP contribution >= 0.6 is 0 Å². The number of carboxylic acid groups (broad SMARTS) is 1. The Kier molecular flexibility index (Phi) is 5.19. The van der Waals surface area contributed by atoms with Gasteiger partial charge in [-0.05, 0) is 32.2 Å². The van der Waals surface area contributed by atoms with Crippen LogP contribution in [0.3, 0.4) is 0 Å². The fourth-order valence-electron chi connectivity index (χ4n) is 3.20. The van der Waals surface area contributed by atoms with E-state index in [1.54, 1.807) is 0 Å². The Balaban J connectivity index is 1.86. The minimum Gasteiger partial charge on any atom is -0.481 e. The topological polar surface area (TPSA) is 78.4 Å². The molecule has 3 unspecified atom stereocenters. The van der Waals surface area contributed by atoms with Crippen molar-refractivity contribution in [1.82, 2.24) is 10.6 Å². The lowest BCUT2D eigenvalue weighted by molar-refractivity contribution is -0.143. The molecule has 3 atom stereocenters. The van der Waals surface area contributed by atoms with E-state index in [0.717, 1.165) is 45.1 Å². The van der Waals surface area contributed by atoms with E-state index in [4.69, 9.17) is 0 Å². The molecule has 2 aliphatic rings. The number of hydrogen-bond acceptors (Lipinski definition) is 3. The maximum atomic E-state index is 12.0. The molecule has 5 nitrogen and oxygen atoms in total. The van der Waals surface area contributed by atoms with E-state index in [-0.39, 0.29) is 18.0 Å². The van der Waals surface area contributed by atoms with Crippen LogP contribution in [-0.4, -0.2) is 35.6 Å². The van der Waals surface area contributed by atoms with Gasteiger partial charge < -0.3 is 15.7 Å². The van der Waals surface area contributed by atoms with Gasteiger partial charge in [0.2, 0.25) is 5.91 Å². The molecule has 0 spiro atoms. The third-order valence-electron chi connectivity index (χ3n) is 4.27. The van der Waals surface area contributed by atoms with E-state index in [9.17, 15) is 14.7 Å². The number of hydrogen-bond donors (Lipinski definition) is 3. The molecular weight excluding hydrogens is 244 g/mol. The Morgan fingerprint density at radius 2 is 1.89 bits per heavy atom. The quantitative estimate of drug-likeness (QED) is 0.671. The average Bonchev–Trinajstić information content (AvgIpc) is 2.73. The molecule has 1 saturated heterocycles. The van der Waals surface area contributed by atoms with E-state index >= 15 is 0 Å². The van der Waals surface area contributed by atoms with Crippen LogP contribution in [0, 0.1) is 5.92 Å². The van der Waals surface area contributed by atoms with Crippen LogP contribution in [0.2, 0.25) is 0 Å². The lowest BCUT2D eigenvalue weighted by Gasteiger charge is -2.23. The molecule has 0 aromatic carbocycles. The Morgan fingerprint density at radius 3 is 2.58 bits per heavy atom. The van der Waals surface area contributed by atoms with Gasteiger partial charge in [0.25, 0.3) is 0 Å². The standard InChI is InChI=1S/C14H24N2O3/c17-13(9-10-5-4-8-15-10)16-12-7-3-1-2-6-11(12)14(18)19/h10-12,15H,1-9H2,(H,16,17)(H,18,19). The second-order valence-corrected chi connectivity index (χ2v) is 5.75. The molecule has 2 fully saturated rings. The van der Waals surface area contributed by atoms with Gasteiger partial charge in [-0.2, -0.15) is 0 Å². The van der Waals surface area contributed by atoms with Gasteiger partial charge in [-0.3, -0.25) is 9.59 Å². The third-order valence-corrected chi connectivity index (χ3v) is 4.27. The summed E-state index contributed by atoms with van der Waals surface area (Å²) in [6, 6.07) is 0.0861. The van der Waals surface area contributed by atoms with Crippen molar-refractivity contribution >= 4 is 11.9 Å². The Labute approximate surface area is 114 Å². The van der Waals surface area contributed by atoms with Crippen LogP contribution in [-0.2, 0) is 9.59 Å². The van der Waals surface area contributed by atoms with Crippen molar-refractivity contribution in [2.24, 2.45) is 5.92 Å². The smallest absolute Gasteiger partial charge is 0.308 e. The summed E-state index contributed by atoms with van der Waals surface area (Å²) < 4.78 is 0. The minimum absolute atomic E-state index is 0.00227. The van der Waals surface area contributed by atoms with Crippen molar-refractivity contribution in [3.05, 3.63) is 0 Å². The number of amides is 1. The summed E-state index contributed by atoms with van der Waals surface area (Å²) in [6.45, 7) is 0.985. The van der Waals surface area contributed by atoms with Gasteiger partial charge in [0.05, 0.1) is 5.92 Å². The summed E-state index contributed by atoms with van der Waals surface area (Å²) in [7, 11) is 0. The molecule has 19 heavy (non-hydrogen) atoms. The minimum atomic E-state index is -0.772. The first-order valence-corrected chi connectivity index (χ1v) is 7.42. The fourth-order valence-corrected chi connectivity index (χ4v) is 3.20. The SMILES string of the molecule is O=C(CC1CCCN1)NC1CCCCCC1C(=O)O. The monoisotopic (exact) mass is 268 g/mol. The molecule has 0 aromatic heterocycles. The molecular formula is C14H24N2O3. The highest BCUT2D eigenvalue weighted by molar-refractivity contribution is 5.78. The first kappa shape index (κ1) is 14.3. The first-order chi connectivity index (χ1) is 9.16.